The third kappa shape index (κ3) is 3.59. The van der Waals surface area contributed by atoms with Gasteiger partial charge in [-0.05, 0) is 43.5 Å². The Hall–Kier alpha value is -1.79. The van der Waals surface area contributed by atoms with E-state index in [1.165, 1.54) is 12.0 Å². The molecule has 0 aromatic heterocycles. The molecule has 1 aromatic carbocycles. The van der Waals surface area contributed by atoms with Crippen LogP contribution in [-0.4, -0.2) is 49.1 Å². The van der Waals surface area contributed by atoms with Crippen molar-refractivity contribution < 1.29 is 19.1 Å². The summed E-state index contributed by atoms with van der Waals surface area (Å²) in [5.74, 6) is -0.251. The molecule has 1 atom stereocenters. The number of carbonyl (C=O) groups is 2. The molecule has 0 spiro atoms. The summed E-state index contributed by atoms with van der Waals surface area (Å²) in [5, 5.41) is 0.605. The molecule has 6 nitrogen and oxygen atoms in total. The topological polar surface area (TPSA) is 81.9 Å². The van der Waals surface area contributed by atoms with Crippen molar-refractivity contribution >= 4 is 23.4 Å². The second-order valence-corrected chi connectivity index (χ2v) is 6.11. The smallest absolute Gasteiger partial charge is 0.261 e. The van der Waals surface area contributed by atoms with Gasteiger partial charge >= 0.3 is 0 Å². The van der Waals surface area contributed by atoms with Crippen LogP contribution in [0.4, 0.5) is 0 Å². The molecule has 2 rings (SSSR count). The number of nitrogens with zero attached hydrogens (tertiary/aromatic N) is 1. The van der Waals surface area contributed by atoms with Gasteiger partial charge in [0.1, 0.15) is 11.3 Å². The van der Waals surface area contributed by atoms with Gasteiger partial charge in [0.25, 0.3) is 5.91 Å². The Morgan fingerprint density at radius 1 is 1.43 bits per heavy atom. The Balaban J connectivity index is 2.08. The molecule has 1 unspecified atom stereocenters. The van der Waals surface area contributed by atoms with Crippen molar-refractivity contribution in [2.75, 3.05) is 26.9 Å². The number of ether oxygens (including phenoxy) is 2. The van der Waals surface area contributed by atoms with Crippen LogP contribution < -0.4 is 10.5 Å². The Kier molecular flexibility index (Phi) is 5.49. The average Bonchev–Trinajstić information content (AvgIpc) is 2.91. The van der Waals surface area contributed by atoms with Crippen molar-refractivity contribution in [3.63, 3.8) is 0 Å². The van der Waals surface area contributed by atoms with Crippen molar-refractivity contribution in [2.45, 2.75) is 25.3 Å². The predicted molar refractivity (Wildman–Crippen MR) is 86.4 cm³/mol. The zero-order valence-electron chi connectivity index (χ0n) is 13.3. The number of carbonyl (C=O) groups excluding carboxylic acids is 2. The second-order valence-electron chi connectivity index (χ2n) is 5.68. The van der Waals surface area contributed by atoms with Gasteiger partial charge in [-0.25, -0.2) is 0 Å². The lowest BCUT2D eigenvalue weighted by Gasteiger charge is -2.35. The van der Waals surface area contributed by atoms with Crippen LogP contribution in [-0.2, 0) is 14.3 Å². The summed E-state index contributed by atoms with van der Waals surface area (Å²) in [4.78, 5) is 25.9. The summed E-state index contributed by atoms with van der Waals surface area (Å²) in [6.45, 7) is 2.24. The molecule has 0 aliphatic carbocycles. The quantitative estimate of drug-likeness (QED) is 0.851. The molecule has 1 saturated heterocycles. The van der Waals surface area contributed by atoms with Crippen molar-refractivity contribution in [3.05, 3.63) is 28.8 Å². The van der Waals surface area contributed by atoms with Gasteiger partial charge in [-0.3, -0.25) is 9.59 Å². The SMILES string of the molecule is COCC1(C(N)=O)CCCN1C(=O)COc1ccc(Cl)cc1C. The van der Waals surface area contributed by atoms with Crippen LogP contribution in [0.25, 0.3) is 0 Å². The van der Waals surface area contributed by atoms with E-state index >= 15 is 0 Å². The average molecular weight is 341 g/mol. The molecule has 126 valence electrons. The molecule has 1 aromatic rings. The largest absolute Gasteiger partial charge is 0.483 e. The van der Waals surface area contributed by atoms with E-state index in [4.69, 9.17) is 26.8 Å². The highest BCUT2D eigenvalue weighted by atomic mass is 35.5. The molecule has 0 radical (unpaired) electrons. The fourth-order valence-electron chi connectivity index (χ4n) is 2.95. The molecule has 7 heteroatoms. The summed E-state index contributed by atoms with van der Waals surface area (Å²) in [6.07, 6.45) is 1.21. The molecule has 1 aliphatic rings. The van der Waals surface area contributed by atoms with Gasteiger partial charge in [-0.15, -0.1) is 0 Å². The molecule has 1 aliphatic heterocycles. The molecule has 23 heavy (non-hydrogen) atoms. The van der Waals surface area contributed by atoms with Crippen molar-refractivity contribution in [3.8, 4) is 5.75 Å². The van der Waals surface area contributed by atoms with Crippen molar-refractivity contribution in [2.24, 2.45) is 5.73 Å². The van der Waals surface area contributed by atoms with Crippen LogP contribution in [0.2, 0.25) is 5.02 Å². The highest BCUT2D eigenvalue weighted by Crippen LogP contribution is 2.30. The Morgan fingerprint density at radius 2 is 2.17 bits per heavy atom. The zero-order valence-corrected chi connectivity index (χ0v) is 14.1. The van der Waals surface area contributed by atoms with Gasteiger partial charge in [0, 0.05) is 18.7 Å². The predicted octanol–water partition coefficient (Wildman–Crippen LogP) is 1.52. The van der Waals surface area contributed by atoms with E-state index < -0.39 is 11.4 Å². The van der Waals surface area contributed by atoms with Gasteiger partial charge in [-0.2, -0.15) is 0 Å². The highest BCUT2D eigenvalue weighted by Gasteiger charge is 2.48. The Morgan fingerprint density at radius 3 is 2.78 bits per heavy atom. The van der Waals surface area contributed by atoms with Crippen molar-refractivity contribution in [1.29, 1.82) is 0 Å². The van der Waals surface area contributed by atoms with E-state index in [0.717, 1.165) is 5.56 Å². The molecule has 0 saturated carbocycles. The van der Waals surface area contributed by atoms with Gasteiger partial charge in [0.2, 0.25) is 5.91 Å². The van der Waals surface area contributed by atoms with Crippen LogP contribution in [0.3, 0.4) is 0 Å². The molecule has 1 heterocycles. The number of hydrogen-bond acceptors (Lipinski definition) is 4. The standard InChI is InChI=1S/C16H21ClN2O4/c1-11-8-12(17)4-5-13(11)23-9-14(20)19-7-3-6-16(19,10-22-2)15(18)21/h4-5,8H,3,6-7,9-10H2,1-2H3,(H2,18,21). The lowest BCUT2D eigenvalue weighted by atomic mass is 9.96. The number of benzene rings is 1. The number of primary amides is 1. The number of rotatable bonds is 6. The van der Waals surface area contributed by atoms with Crippen LogP contribution in [0, 0.1) is 6.92 Å². The minimum absolute atomic E-state index is 0.0913. The first-order valence-corrected chi connectivity index (χ1v) is 7.77. The van der Waals surface area contributed by atoms with Crippen LogP contribution >= 0.6 is 11.6 Å². The Bertz CT molecular complexity index is 608. The fraction of sp³-hybridized carbons (Fsp3) is 0.500. The number of amides is 2. The van der Waals surface area contributed by atoms with Crippen molar-refractivity contribution in [1.82, 2.24) is 4.90 Å². The van der Waals surface area contributed by atoms with E-state index in [0.29, 0.717) is 30.2 Å². The van der Waals surface area contributed by atoms with Gasteiger partial charge in [0.15, 0.2) is 6.61 Å². The number of methoxy groups -OCH3 is 1. The summed E-state index contributed by atoms with van der Waals surface area (Å²) < 4.78 is 10.7. The van der Waals surface area contributed by atoms with Gasteiger partial charge in [0.05, 0.1) is 6.61 Å². The zero-order chi connectivity index (χ0) is 17.0. The maximum Gasteiger partial charge on any atom is 0.261 e. The molecule has 1 fully saturated rings. The van der Waals surface area contributed by atoms with E-state index in [1.54, 1.807) is 18.2 Å². The highest BCUT2D eigenvalue weighted by molar-refractivity contribution is 6.30. The van der Waals surface area contributed by atoms with Crippen LogP contribution in [0.5, 0.6) is 5.75 Å². The molecule has 0 bridgehead atoms. The number of hydrogen-bond donors (Lipinski definition) is 1. The number of likely N-dealkylation sites (tertiary alicyclic amines) is 1. The van der Waals surface area contributed by atoms with Gasteiger partial charge < -0.3 is 20.1 Å². The molecule has 2 amide bonds. The first kappa shape index (κ1) is 17.6. The minimum atomic E-state index is -1.08. The molecular weight excluding hydrogens is 320 g/mol. The minimum Gasteiger partial charge on any atom is -0.483 e. The van der Waals surface area contributed by atoms with Crippen LogP contribution in [0.15, 0.2) is 18.2 Å². The maximum atomic E-state index is 12.5. The number of halogens is 1. The normalized spacial score (nSPS) is 20.6. The second kappa shape index (κ2) is 7.19. The van der Waals surface area contributed by atoms with E-state index in [-0.39, 0.29) is 19.1 Å². The lowest BCUT2D eigenvalue weighted by molar-refractivity contribution is -0.148. The summed E-state index contributed by atoms with van der Waals surface area (Å²) in [6, 6.07) is 5.17. The van der Waals surface area contributed by atoms with E-state index in [1.807, 2.05) is 6.92 Å². The maximum absolute atomic E-state index is 12.5. The van der Waals surface area contributed by atoms with E-state index in [9.17, 15) is 9.59 Å². The number of nitrogens with two attached hydrogens (primary N) is 1. The first-order chi connectivity index (χ1) is 10.9. The summed E-state index contributed by atoms with van der Waals surface area (Å²) in [5.41, 5.74) is 5.29. The first-order valence-electron chi connectivity index (χ1n) is 7.39. The fourth-order valence-corrected chi connectivity index (χ4v) is 3.18. The van der Waals surface area contributed by atoms with Gasteiger partial charge in [-0.1, -0.05) is 11.6 Å². The Labute approximate surface area is 140 Å². The number of aryl methyl sites for hydroxylation is 1. The van der Waals surface area contributed by atoms with E-state index in [2.05, 4.69) is 0 Å². The third-order valence-corrected chi connectivity index (χ3v) is 4.35. The third-order valence-electron chi connectivity index (χ3n) is 4.12. The molecular formula is C16H21ClN2O4. The van der Waals surface area contributed by atoms with Crippen LogP contribution in [0.1, 0.15) is 18.4 Å². The summed E-state index contributed by atoms with van der Waals surface area (Å²) in [7, 11) is 1.49. The summed E-state index contributed by atoms with van der Waals surface area (Å²) >= 11 is 5.89. The lowest BCUT2D eigenvalue weighted by Crippen LogP contribution is -2.59. The molecule has 2 N–H and O–H groups in total. The monoisotopic (exact) mass is 340 g/mol.